The first-order valence-electron chi connectivity index (χ1n) is 6.40. The van der Waals surface area contributed by atoms with Crippen LogP contribution in [-0.4, -0.2) is 17.4 Å². The van der Waals surface area contributed by atoms with E-state index in [-0.39, 0.29) is 11.8 Å². The highest BCUT2D eigenvalue weighted by Crippen LogP contribution is 2.11. The molecule has 20 heavy (non-hydrogen) atoms. The molecular weight excluding hydrogens is 252 g/mol. The molecule has 1 aromatic carbocycles. The van der Waals surface area contributed by atoms with Gasteiger partial charge in [0.15, 0.2) is 5.78 Å². The number of allylic oxidation sites excluding steroid dienone is 1. The number of Topliss-reactive ketones (excluding diaryl/α,β-unsaturated/α-hetero) is 1. The molecule has 0 heterocycles. The summed E-state index contributed by atoms with van der Waals surface area (Å²) in [6.45, 7) is 10.8. The van der Waals surface area contributed by atoms with Gasteiger partial charge in [0.25, 0.3) is 0 Å². The van der Waals surface area contributed by atoms with E-state index in [1.165, 1.54) is 6.08 Å². The van der Waals surface area contributed by atoms with Crippen molar-refractivity contribution in [3.8, 4) is 0 Å². The Morgan fingerprint density at radius 2 is 1.70 bits per heavy atom. The van der Waals surface area contributed by atoms with E-state index in [0.717, 1.165) is 5.56 Å². The summed E-state index contributed by atoms with van der Waals surface area (Å²) >= 11 is 0. The molecule has 0 saturated carbocycles. The fourth-order valence-electron chi connectivity index (χ4n) is 1.49. The van der Waals surface area contributed by atoms with Crippen molar-refractivity contribution in [2.75, 3.05) is 0 Å². The molecule has 3 heteroatoms. The lowest BCUT2D eigenvalue weighted by Gasteiger charge is -2.17. The first-order valence-corrected chi connectivity index (χ1v) is 6.40. The third kappa shape index (κ3) is 5.22. The summed E-state index contributed by atoms with van der Waals surface area (Å²) in [6, 6.07) is 6.98. The third-order valence-corrected chi connectivity index (χ3v) is 2.38. The molecule has 0 aliphatic heterocycles. The summed E-state index contributed by atoms with van der Waals surface area (Å²) < 4.78 is 5.16. The normalized spacial score (nSPS) is 11.4. The summed E-state index contributed by atoms with van der Waals surface area (Å²) in [4.78, 5) is 23.2. The average Bonchev–Trinajstić information content (AvgIpc) is 2.34. The van der Waals surface area contributed by atoms with Gasteiger partial charge in [0, 0.05) is 11.6 Å². The minimum atomic E-state index is -0.501. The molecule has 3 nitrogen and oxygen atoms in total. The van der Waals surface area contributed by atoms with Crippen molar-refractivity contribution < 1.29 is 14.3 Å². The number of ether oxygens (including phenoxy) is 1. The third-order valence-electron chi connectivity index (χ3n) is 2.38. The second-order valence-electron chi connectivity index (χ2n) is 5.60. The fraction of sp³-hybridized carbons (Fsp3) is 0.294. The molecule has 0 amide bonds. The maximum absolute atomic E-state index is 11.7. The van der Waals surface area contributed by atoms with Crippen LogP contribution in [0.25, 0.3) is 6.08 Å². The number of esters is 1. The lowest BCUT2D eigenvalue weighted by Crippen LogP contribution is -2.22. The molecular formula is C17H20O3. The van der Waals surface area contributed by atoms with E-state index in [1.54, 1.807) is 37.3 Å². The molecule has 0 aliphatic rings. The molecule has 0 fully saturated rings. The van der Waals surface area contributed by atoms with Crippen LogP contribution in [0.15, 0.2) is 42.5 Å². The molecule has 0 N–H and O–H groups in total. The number of ketones is 1. The van der Waals surface area contributed by atoms with E-state index in [1.807, 2.05) is 20.8 Å². The van der Waals surface area contributed by atoms with Gasteiger partial charge in [0.05, 0.1) is 0 Å². The SMILES string of the molecule is C=C(C)C(=O)c1ccc(/C=C/C(=O)OC(C)(C)C)cc1. The van der Waals surface area contributed by atoms with Crippen molar-refractivity contribution in [3.63, 3.8) is 0 Å². The van der Waals surface area contributed by atoms with Crippen LogP contribution in [0.2, 0.25) is 0 Å². The van der Waals surface area contributed by atoms with Crippen molar-refractivity contribution in [2.24, 2.45) is 0 Å². The van der Waals surface area contributed by atoms with Crippen LogP contribution in [0.3, 0.4) is 0 Å². The van der Waals surface area contributed by atoms with Crippen LogP contribution in [0, 0.1) is 0 Å². The zero-order valence-corrected chi connectivity index (χ0v) is 12.4. The van der Waals surface area contributed by atoms with E-state index in [9.17, 15) is 9.59 Å². The maximum atomic E-state index is 11.7. The summed E-state index contributed by atoms with van der Waals surface area (Å²) in [5.74, 6) is -0.465. The summed E-state index contributed by atoms with van der Waals surface area (Å²) in [7, 11) is 0. The van der Waals surface area contributed by atoms with Gasteiger partial charge in [-0.2, -0.15) is 0 Å². The summed E-state index contributed by atoms with van der Waals surface area (Å²) in [6.07, 6.45) is 3.03. The average molecular weight is 272 g/mol. The van der Waals surface area contributed by atoms with Crippen LogP contribution in [0.1, 0.15) is 43.6 Å². The van der Waals surface area contributed by atoms with Gasteiger partial charge in [0.1, 0.15) is 5.60 Å². The summed E-state index contributed by atoms with van der Waals surface area (Å²) in [5.41, 5.74) is 1.42. The highest BCUT2D eigenvalue weighted by molar-refractivity contribution is 6.07. The van der Waals surface area contributed by atoms with Crippen LogP contribution < -0.4 is 0 Å². The predicted molar refractivity (Wildman–Crippen MR) is 80.5 cm³/mol. The van der Waals surface area contributed by atoms with Crippen LogP contribution in [-0.2, 0) is 9.53 Å². The van der Waals surface area contributed by atoms with Gasteiger partial charge in [-0.05, 0) is 44.9 Å². The van der Waals surface area contributed by atoms with Crippen LogP contribution >= 0.6 is 0 Å². The Bertz CT molecular complexity index is 543. The number of hydrogen-bond acceptors (Lipinski definition) is 3. The molecule has 0 aromatic heterocycles. The van der Waals surface area contributed by atoms with Gasteiger partial charge in [-0.15, -0.1) is 0 Å². The highest BCUT2D eigenvalue weighted by atomic mass is 16.6. The van der Waals surface area contributed by atoms with E-state index in [4.69, 9.17) is 4.74 Å². The van der Waals surface area contributed by atoms with Gasteiger partial charge in [-0.1, -0.05) is 30.8 Å². The van der Waals surface area contributed by atoms with E-state index >= 15 is 0 Å². The number of rotatable bonds is 4. The van der Waals surface area contributed by atoms with Gasteiger partial charge in [-0.25, -0.2) is 4.79 Å². The molecule has 0 atom stereocenters. The molecule has 0 bridgehead atoms. The van der Waals surface area contributed by atoms with Crippen LogP contribution in [0.4, 0.5) is 0 Å². The smallest absolute Gasteiger partial charge is 0.331 e. The topological polar surface area (TPSA) is 43.4 Å². The first kappa shape index (κ1) is 15.9. The first-order chi connectivity index (χ1) is 9.19. The minimum Gasteiger partial charge on any atom is -0.457 e. The molecule has 1 rings (SSSR count). The Kier molecular flexibility index (Phi) is 5.03. The van der Waals surface area contributed by atoms with Gasteiger partial charge >= 0.3 is 5.97 Å². The van der Waals surface area contributed by atoms with Crippen molar-refractivity contribution in [1.82, 2.24) is 0 Å². The Labute approximate surface area is 120 Å². The van der Waals surface area contributed by atoms with Crippen molar-refractivity contribution >= 4 is 17.8 Å². The Morgan fingerprint density at radius 1 is 1.15 bits per heavy atom. The largest absolute Gasteiger partial charge is 0.457 e. The minimum absolute atomic E-state index is 0.0762. The highest BCUT2D eigenvalue weighted by Gasteiger charge is 2.13. The number of carbonyl (C=O) groups is 2. The molecule has 0 radical (unpaired) electrons. The number of benzene rings is 1. The van der Waals surface area contributed by atoms with Crippen molar-refractivity contribution in [3.05, 3.63) is 53.6 Å². The zero-order valence-electron chi connectivity index (χ0n) is 12.4. The van der Waals surface area contributed by atoms with E-state index < -0.39 is 5.60 Å². The quantitative estimate of drug-likeness (QED) is 0.475. The molecule has 0 saturated heterocycles. The Morgan fingerprint density at radius 3 is 2.15 bits per heavy atom. The molecule has 0 aliphatic carbocycles. The number of carbonyl (C=O) groups excluding carboxylic acids is 2. The van der Waals surface area contributed by atoms with Crippen LogP contribution in [0.5, 0.6) is 0 Å². The van der Waals surface area contributed by atoms with Crippen molar-refractivity contribution in [1.29, 1.82) is 0 Å². The van der Waals surface area contributed by atoms with Gasteiger partial charge < -0.3 is 4.74 Å². The van der Waals surface area contributed by atoms with Crippen molar-refractivity contribution in [2.45, 2.75) is 33.3 Å². The fourth-order valence-corrected chi connectivity index (χ4v) is 1.49. The van der Waals surface area contributed by atoms with E-state index in [0.29, 0.717) is 11.1 Å². The lowest BCUT2D eigenvalue weighted by molar-refractivity contribution is -0.148. The molecule has 0 unspecified atom stereocenters. The number of hydrogen-bond donors (Lipinski definition) is 0. The van der Waals surface area contributed by atoms with Gasteiger partial charge in [-0.3, -0.25) is 4.79 Å². The molecule has 1 aromatic rings. The zero-order chi connectivity index (χ0) is 15.3. The predicted octanol–water partition coefficient (Wildman–Crippen LogP) is 3.80. The Hall–Kier alpha value is -2.16. The second-order valence-corrected chi connectivity index (χ2v) is 5.60. The van der Waals surface area contributed by atoms with E-state index in [2.05, 4.69) is 6.58 Å². The Balaban J connectivity index is 2.73. The van der Waals surface area contributed by atoms with Gasteiger partial charge in [0.2, 0.25) is 0 Å². The summed E-state index contributed by atoms with van der Waals surface area (Å²) in [5, 5.41) is 0. The lowest BCUT2D eigenvalue weighted by atomic mass is 10.0. The monoisotopic (exact) mass is 272 g/mol. The standard InChI is InChI=1S/C17H20O3/c1-12(2)16(19)14-9-6-13(7-10-14)8-11-15(18)20-17(3,4)5/h6-11H,1H2,2-5H3/b11-8+. The molecule has 106 valence electrons. The second kappa shape index (κ2) is 6.33. The maximum Gasteiger partial charge on any atom is 0.331 e. The molecule has 0 spiro atoms.